The van der Waals surface area contributed by atoms with Crippen molar-refractivity contribution in [2.75, 3.05) is 13.2 Å². The molecule has 0 bridgehead atoms. The number of carbonyl (C=O) groups is 1. The van der Waals surface area contributed by atoms with E-state index in [2.05, 4.69) is 15.9 Å². The minimum absolute atomic E-state index is 0.0311. The smallest absolute Gasteiger partial charge is 0.306 e. The number of fused-ring (bicyclic) bond motifs is 1. The van der Waals surface area contributed by atoms with Crippen LogP contribution in [0.2, 0.25) is 5.02 Å². The fraction of sp³-hybridized carbons (Fsp3) is 0.273. The number of halogens is 3. The number of hydrogen-bond donors (Lipinski definition) is 1. The molecule has 0 unspecified atom stereocenters. The number of carboxylic acids is 1. The van der Waals surface area contributed by atoms with Crippen molar-refractivity contribution in [1.82, 2.24) is 0 Å². The molecule has 1 fully saturated rings. The molecule has 0 aliphatic heterocycles. The van der Waals surface area contributed by atoms with Crippen molar-refractivity contribution in [3.05, 3.63) is 61.9 Å². The van der Waals surface area contributed by atoms with E-state index in [9.17, 15) is 14.0 Å². The molecule has 1 heterocycles. The van der Waals surface area contributed by atoms with Gasteiger partial charge in [-0.25, -0.2) is 4.39 Å². The number of aliphatic carboxylic acids is 1. The third-order valence-electron chi connectivity index (χ3n) is 5.14. The van der Waals surface area contributed by atoms with Crippen molar-refractivity contribution in [2.24, 2.45) is 5.92 Å². The fourth-order valence-electron chi connectivity index (χ4n) is 3.39. The van der Waals surface area contributed by atoms with E-state index < -0.39 is 11.8 Å². The first-order chi connectivity index (χ1) is 14.8. The predicted octanol–water partition coefficient (Wildman–Crippen LogP) is 5.27. The maximum atomic E-state index is 13.9. The zero-order valence-corrected chi connectivity index (χ0v) is 18.4. The van der Waals surface area contributed by atoms with Gasteiger partial charge >= 0.3 is 5.97 Å². The van der Waals surface area contributed by atoms with Crippen LogP contribution in [0.5, 0.6) is 5.75 Å². The molecule has 1 aromatic heterocycles. The van der Waals surface area contributed by atoms with Crippen molar-refractivity contribution in [1.29, 1.82) is 0 Å². The second kappa shape index (κ2) is 8.98. The number of rotatable bonds is 7. The monoisotopic (exact) mass is 510 g/mol. The Labute approximate surface area is 189 Å². The van der Waals surface area contributed by atoms with Crippen LogP contribution in [-0.2, 0) is 9.53 Å². The summed E-state index contributed by atoms with van der Waals surface area (Å²) in [7, 11) is 0. The van der Waals surface area contributed by atoms with E-state index in [0.29, 0.717) is 24.2 Å². The third kappa shape index (κ3) is 4.61. The molecule has 6 nitrogen and oxygen atoms in total. The van der Waals surface area contributed by atoms with Crippen molar-refractivity contribution in [3.8, 4) is 17.1 Å². The van der Waals surface area contributed by atoms with Crippen LogP contribution in [0.3, 0.4) is 0 Å². The standard InChI is InChI=1S/C22H17BrClFO6/c23-12-1-4-18(30-6-5-29-13-7-11(8-13)22(27)28)15(9-12)19-10-17(26)14-2-3-16(25)20(24)21(14)31-19/h1-4,9-11,13H,5-8H2,(H,27,28). The van der Waals surface area contributed by atoms with Crippen LogP contribution in [0.25, 0.3) is 22.3 Å². The van der Waals surface area contributed by atoms with E-state index in [1.165, 1.54) is 12.1 Å². The molecule has 3 aromatic rings. The highest BCUT2D eigenvalue weighted by Gasteiger charge is 2.35. The van der Waals surface area contributed by atoms with Crippen molar-refractivity contribution >= 4 is 44.5 Å². The van der Waals surface area contributed by atoms with Crippen LogP contribution < -0.4 is 10.2 Å². The van der Waals surface area contributed by atoms with Gasteiger partial charge in [-0.05, 0) is 43.2 Å². The van der Waals surface area contributed by atoms with Crippen LogP contribution in [0.1, 0.15) is 12.8 Å². The van der Waals surface area contributed by atoms with Gasteiger partial charge in [0.15, 0.2) is 11.0 Å². The summed E-state index contributed by atoms with van der Waals surface area (Å²) in [4.78, 5) is 23.4. The first-order valence-corrected chi connectivity index (χ1v) is 10.7. The Morgan fingerprint density at radius 3 is 2.74 bits per heavy atom. The van der Waals surface area contributed by atoms with Gasteiger partial charge in [-0.2, -0.15) is 0 Å². The van der Waals surface area contributed by atoms with Gasteiger partial charge in [-0.15, -0.1) is 0 Å². The maximum Gasteiger partial charge on any atom is 0.306 e. The lowest BCUT2D eigenvalue weighted by Crippen LogP contribution is -2.37. The van der Waals surface area contributed by atoms with Gasteiger partial charge in [0.1, 0.15) is 29.0 Å². The van der Waals surface area contributed by atoms with E-state index in [1.807, 2.05) is 0 Å². The summed E-state index contributed by atoms with van der Waals surface area (Å²) in [6.45, 7) is 0.501. The minimum atomic E-state index is -0.799. The molecule has 0 amide bonds. The average Bonchev–Trinajstić information content (AvgIpc) is 2.69. The molecule has 1 aliphatic carbocycles. The first-order valence-electron chi connectivity index (χ1n) is 9.52. The van der Waals surface area contributed by atoms with E-state index in [1.54, 1.807) is 18.2 Å². The lowest BCUT2D eigenvalue weighted by molar-refractivity contribution is -0.151. The van der Waals surface area contributed by atoms with E-state index in [-0.39, 0.29) is 52.4 Å². The normalized spacial score (nSPS) is 18.0. The van der Waals surface area contributed by atoms with Gasteiger partial charge in [0, 0.05) is 10.5 Å². The molecule has 0 atom stereocenters. The Morgan fingerprint density at radius 1 is 1.23 bits per heavy atom. The van der Waals surface area contributed by atoms with Gasteiger partial charge in [-0.3, -0.25) is 9.59 Å². The van der Waals surface area contributed by atoms with E-state index in [4.69, 9.17) is 30.6 Å². The SMILES string of the molecule is O=C(O)C1CC(OCCOc2ccc(Br)cc2-c2cc(=O)c3ccc(F)c(Cl)c3o2)C1. The average molecular weight is 512 g/mol. The highest BCUT2D eigenvalue weighted by atomic mass is 79.9. The highest BCUT2D eigenvalue weighted by Crippen LogP contribution is 2.35. The zero-order chi connectivity index (χ0) is 22.1. The molecule has 9 heteroatoms. The summed E-state index contributed by atoms with van der Waals surface area (Å²) in [5.41, 5.74) is 0.102. The summed E-state index contributed by atoms with van der Waals surface area (Å²) in [6, 6.07) is 8.96. The molecule has 31 heavy (non-hydrogen) atoms. The molecule has 1 N–H and O–H groups in total. The molecule has 1 aliphatic rings. The van der Waals surface area contributed by atoms with Crippen molar-refractivity contribution in [3.63, 3.8) is 0 Å². The molecular weight excluding hydrogens is 495 g/mol. The molecule has 0 spiro atoms. The van der Waals surface area contributed by atoms with Gasteiger partial charge in [0.2, 0.25) is 0 Å². The summed E-state index contributed by atoms with van der Waals surface area (Å²) < 4.78 is 31.8. The quantitative estimate of drug-likeness (QED) is 0.435. The van der Waals surface area contributed by atoms with Gasteiger partial charge in [0.05, 0.1) is 29.6 Å². The van der Waals surface area contributed by atoms with Crippen LogP contribution in [-0.4, -0.2) is 30.4 Å². The molecule has 2 aromatic carbocycles. The first kappa shape index (κ1) is 21.8. The zero-order valence-electron chi connectivity index (χ0n) is 16.1. The third-order valence-corrected chi connectivity index (χ3v) is 5.98. The summed E-state index contributed by atoms with van der Waals surface area (Å²) in [5.74, 6) is -1.19. The van der Waals surface area contributed by atoms with E-state index >= 15 is 0 Å². The molecule has 1 saturated carbocycles. The summed E-state index contributed by atoms with van der Waals surface area (Å²) in [5, 5.41) is 8.83. The van der Waals surface area contributed by atoms with Crippen LogP contribution in [0.4, 0.5) is 4.39 Å². The molecule has 0 radical (unpaired) electrons. The molecule has 0 saturated heterocycles. The Morgan fingerprint density at radius 2 is 2.00 bits per heavy atom. The Bertz CT molecular complexity index is 1200. The fourth-order valence-corrected chi connectivity index (χ4v) is 3.95. The lowest BCUT2D eigenvalue weighted by atomic mass is 9.82. The number of carboxylic acid groups (broad SMARTS) is 1. The van der Waals surface area contributed by atoms with Crippen molar-refractivity contribution < 1.29 is 28.2 Å². The van der Waals surface area contributed by atoms with Gasteiger partial charge < -0.3 is 19.0 Å². The Balaban J connectivity index is 1.53. The molecular formula is C22H17BrClFO6. The largest absolute Gasteiger partial charge is 0.490 e. The maximum absolute atomic E-state index is 13.9. The lowest BCUT2D eigenvalue weighted by Gasteiger charge is -2.32. The van der Waals surface area contributed by atoms with Gasteiger partial charge in [0.25, 0.3) is 0 Å². The number of benzene rings is 2. The molecule has 4 rings (SSSR count). The Kier molecular flexibility index (Phi) is 6.31. The van der Waals surface area contributed by atoms with Crippen molar-refractivity contribution in [2.45, 2.75) is 18.9 Å². The van der Waals surface area contributed by atoms with Crippen LogP contribution in [0.15, 0.2) is 50.1 Å². The van der Waals surface area contributed by atoms with Crippen LogP contribution >= 0.6 is 27.5 Å². The second-order valence-corrected chi connectivity index (χ2v) is 8.49. The predicted molar refractivity (Wildman–Crippen MR) is 116 cm³/mol. The topological polar surface area (TPSA) is 86.0 Å². The number of hydrogen-bond acceptors (Lipinski definition) is 5. The Hall–Kier alpha value is -2.42. The van der Waals surface area contributed by atoms with Gasteiger partial charge in [-0.1, -0.05) is 27.5 Å². The number of ether oxygens (including phenoxy) is 2. The minimum Gasteiger partial charge on any atom is -0.490 e. The van der Waals surface area contributed by atoms with E-state index in [0.717, 1.165) is 10.5 Å². The highest BCUT2D eigenvalue weighted by molar-refractivity contribution is 9.10. The summed E-state index contributed by atoms with van der Waals surface area (Å²) in [6.07, 6.45) is 0.918. The molecule has 162 valence electrons. The summed E-state index contributed by atoms with van der Waals surface area (Å²) >= 11 is 9.40. The van der Waals surface area contributed by atoms with Crippen LogP contribution in [0, 0.1) is 11.7 Å². The second-order valence-electron chi connectivity index (χ2n) is 7.20.